The first-order chi connectivity index (χ1) is 10.3. The van der Waals surface area contributed by atoms with Gasteiger partial charge in [0.2, 0.25) is 0 Å². The third-order valence-corrected chi connectivity index (χ3v) is 3.72. The zero-order valence-corrected chi connectivity index (χ0v) is 12.2. The highest BCUT2D eigenvalue weighted by molar-refractivity contribution is 6.02. The maximum atomic E-state index is 11.9. The van der Waals surface area contributed by atoms with Gasteiger partial charge in [0.05, 0.1) is 12.1 Å². The normalized spacial score (nSPS) is 16.0. The Kier molecular flexibility index (Phi) is 4.06. The third kappa shape index (κ3) is 2.85. The predicted molar refractivity (Wildman–Crippen MR) is 81.7 cm³/mol. The second kappa shape index (κ2) is 6.13. The topological polar surface area (TPSA) is 70.2 Å². The number of fused-ring (bicyclic) bond motifs is 1. The standard InChI is InChI=1S/C15H20N4O2/c1-2-21-15(20)14-12-10-11(4-5-13(12)17-18-14)19-8-3-6-16-7-9-19/h4-5,10,16H,2-3,6-9H2,1H3,(H,17,18). The van der Waals surface area contributed by atoms with Crippen LogP contribution in [0.5, 0.6) is 0 Å². The molecule has 2 N–H and O–H groups in total. The summed E-state index contributed by atoms with van der Waals surface area (Å²) in [4.78, 5) is 14.3. The summed E-state index contributed by atoms with van der Waals surface area (Å²) in [5, 5.41) is 11.2. The number of hydrogen-bond acceptors (Lipinski definition) is 5. The number of esters is 1. The van der Waals surface area contributed by atoms with E-state index in [0.717, 1.165) is 49.2 Å². The van der Waals surface area contributed by atoms with Gasteiger partial charge >= 0.3 is 5.97 Å². The lowest BCUT2D eigenvalue weighted by Gasteiger charge is -2.22. The molecule has 1 aromatic heterocycles. The van der Waals surface area contributed by atoms with Crippen molar-refractivity contribution in [2.24, 2.45) is 0 Å². The van der Waals surface area contributed by atoms with E-state index in [2.05, 4.69) is 26.5 Å². The molecule has 6 nitrogen and oxygen atoms in total. The minimum atomic E-state index is -0.376. The van der Waals surface area contributed by atoms with Crippen molar-refractivity contribution in [1.82, 2.24) is 15.5 Å². The van der Waals surface area contributed by atoms with Gasteiger partial charge < -0.3 is 15.0 Å². The molecule has 0 spiro atoms. The number of anilines is 1. The molecule has 0 radical (unpaired) electrons. The van der Waals surface area contributed by atoms with Crippen molar-refractivity contribution in [2.75, 3.05) is 37.7 Å². The molecule has 2 aromatic rings. The van der Waals surface area contributed by atoms with E-state index in [-0.39, 0.29) is 5.97 Å². The number of aromatic amines is 1. The van der Waals surface area contributed by atoms with Gasteiger partial charge in [-0.1, -0.05) is 0 Å². The lowest BCUT2D eigenvalue weighted by atomic mass is 10.1. The fourth-order valence-electron chi connectivity index (χ4n) is 2.66. The molecule has 1 fully saturated rings. The van der Waals surface area contributed by atoms with Gasteiger partial charge in [-0.25, -0.2) is 4.79 Å². The van der Waals surface area contributed by atoms with Crippen LogP contribution in [0.4, 0.5) is 5.69 Å². The Labute approximate surface area is 123 Å². The zero-order chi connectivity index (χ0) is 14.7. The number of rotatable bonds is 3. The zero-order valence-electron chi connectivity index (χ0n) is 12.2. The third-order valence-electron chi connectivity index (χ3n) is 3.72. The largest absolute Gasteiger partial charge is 0.461 e. The summed E-state index contributed by atoms with van der Waals surface area (Å²) in [6.07, 6.45) is 1.12. The number of nitrogens with zero attached hydrogens (tertiary/aromatic N) is 2. The van der Waals surface area contributed by atoms with E-state index in [1.807, 2.05) is 12.1 Å². The molecule has 0 bridgehead atoms. The quantitative estimate of drug-likeness (QED) is 0.838. The highest BCUT2D eigenvalue weighted by Crippen LogP contribution is 2.24. The summed E-state index contributed by atoms with van der Waals surface area (Å²) in [5.74, 6) is -0.376. The van der Waals surface area contributed by atoms with Crippen molar-refractivity contribution < 1.29 is 9.53 Å². The molecule has 112 valence electrons. The first-order valence-electron chi connectivity index (χ1n) is 7.40. The van der Waals surface area contributed by atoms with Gasteiger partial charge in [0.25, 0.3) is 0 Å². The summed E-state index contributed by atoms with van der Waals surface area (Å²) < 4.78 is 5.05. The van der Waals surface area contributed by atoms with E-state index in [0.29, 0.717) is 12.3 Å². The average Bonchev–Trinajstić information content (AvgIpc) is 2.73. The van der Waals surface area contributed by atoms with E-state index in [4.69, 9.17) is 4.74 Å². The van der Waals surface area contributed by atoms with Crippen LogP contribution in [0.15, 0.2) is 18.2 Å². The maximum Gasteiger partial charge on any atom is 0.359 e. The number of carbonyl (C=O) groups is 1. The van der Waals surface area contributed by atoms with Crippen molar-refractivity contribution >= 4 is 22.6 Å². The van der Waals surface area contributed by atoms with Crippen molar-refractivity contribution in [3.63, 3.8) is 0 Å². The van der Waals surface area contributed by atoms with E-state index < -0.39 is 0 Å². The smallest absolute Gasteiger partial charge is 0.359 e. The number of ether oxygens (including phenoxy) is 1. The molecule has 3 rings (SSSR count). The summed E-state index contributed by atoms with van der Waals surface area (Å²) in [6.45, 7) is 6.17. The summed E-state index contributed by atoms with van der Waals surface area (Å²) >= 11 is 0. The predicted octanol–water partition coefficient (Wildman–Crippen LogP) is 1.54. The van der Waals surface area contributed by atoms with Crippen LogP contribution in [0.25, 0.3) is 10.9 Å². The van der Waals surface area contributed by atoms with Crippen LogP contribution < -0.4 is 10.2 Å². The molecular formula is C15H20N4O2. The van der Waals surface area contributed by atoms with Gasteiger partial charge in [-0.15, -0.1) is 0 Å². The average molecular weight is 288 g/mol. The number of benzene rings is 1. The van der Waals surface area contributed by atoms with Crippen molar-refractivity contribution in [3.05, 3.63) is 23.9 Å². The molecule has 0 amide bonds. The van der Waals surface area contributed by atoms with Crippen LogP contribution >= 0.6 is 0 Å². The highest BCUT2D eigenvalue weighted by Gasteiger charge is 2.17. The van der Waals surface area contributed by atoms with E-state index >= 15 is 0 Å². The van der Waals surface area contributed by atoms with Crippen LogP contribution in [0.1, 0.15) is 23.8 Å². The van der Waals surface area contributed by atoms with Gasteiger partial charge in [0.1, 0.15) is 0 Å². The van der Waals surface area contributed by atoms with E-state index in [1.165, 1.54) is 0 Å². The highest BCUT2D eigenvalue weighted by atomic mass is 16.5. The van der Waals surface area contributed by atoms with Gasteiger partial charge in [-0.2, -0.15) is 5.10 Å². The molecule has 0 aliphatic carbocycles. The summed E-state index contributed by atoms with van der Waals surface area (Å²) in [7, 11) is 0. The van der Waals surface area contributed by atoms with E-state index in [9.17, 15) is 4.79 Å². The van der Waals surface area contributed by atoms with Gasteiger partial charge in [-0.3, -0.25) is 5.10 Å². The number of nitrogens with one attached hydrogen (secondary N) is 2. The van der Waals surface area contributed by atoms with E-state index in [1.54, 1.807) is 6.92 Å². The molecule has 1 aromatic carbocycles. The summed E-state index contributed by atoms with van der Waals surface area (Å²) in [5.41, 5.74) is 2.34. The first-order valence-corrected chi connectivity index (χ1v) is 7.40. The number of carbonyl (C=O) groups excluding carboxylic acids is 1. The lowest BCUT2D eigenvalue weighted by Crippen LogP contribution is -2.27. The monoisotopic (exact) mass is 288 g/mol. The Morgan fingerprint density at radius 1 is 1.38 bits per heavy atom. The lowest BCUT2D eigenvalue weighted by molar-refractivity contribution is 0.0521. The van der Waals surface area contributed by atoms with Gasteiger partial charge in [0.15, 0.2) is 5.69 Å². The molecule has 2 heterocycles. The number of H-pyrrole nitrogens is 1. The van der Waals surface area contributed by atoms with Crippen LogP contribution in [0.3, 0.4) is 0 Å². The van der Waals surface area contributed by atoms with Crippen molar-refractivity contribution in [1.29, 1.82) is 0 Å². The van der Waals surface area contributed by atoms with Crippen molar-refractivity contribution in [2.45, 2.75) is 13.3 Å². The van der Waals surface area contributed by atoms with Gasteiger partial charge in [-0.05, 0) is 38.1 Å². The number of aromatic nitrogens is 2. The molecular weight excluding hydrogens is 268 g/mol. The molecule has 0 unspecified atom stereocenters. The number of hydrogen-bond donors (Lipinski definition) is 2. The Morgan fingerprint density at radius 3 is 3.14 bits per heavy atom. The second-order valence-electron chi connectivity index (χ2n) is 5.11. The SMILES string of the molecule is CCOC(=O)c1n[nH]c2ccc(N3CCCNCC3)cc12. The van der Waals surface area contributed by atoms with Crippen LogP contribution in [0, 0.1) is 0 Å². The molecule has 0 saturated carbocycles. The van der Waals surface area contributed by atoms with Gasteiger partial charge in [0, 0.05) is 30.7 Å². The molecule has 21 heavy (non-hydrogen) atoms. The minimum absolute atomic E-state index is 0.352. The molecule has 0 atom stereocenters. The molecule has 1 aliphatic rings. The van der Waals surface area contributed by atoms with Crippen LogP contribution in [0.2, 0.25) is 0 Å². The maximum absolute atomic E-state index is 11.9. The van der Waals surface area contributed by atoms with Crippen molar-refractivity contribution in [3.8, 4) is 0 Å². The Hall–Kier alpha value is -2.08. The van der Waals surface area contributed by atoms with Crippen LogP contribution in [-0.2, 0) is 4.74 Å². The summed E-state index contributed by atoms with van der Waals surface area (Å²) in [6, 6.07) is 6.07. The minimum Gasteiger partial charge on any atom is -0.461 e. The Balaban J connectivity index is 1.94. The Morgan fingerprint density at radius 2 is 2.29 bits per heavy atom. The van der Waals surface area contributed by atoms with Crippen LogP contribution in [-0.4, -0.2) is 49.0 Å². The first kappa shape index (κ1) is 13.9. The Bertz CT molecular complexity index is 630. The fraction of sp³-hybridized carbons (Fsp3) is 0.467. The fourth-order valence-corrected chi connectivity index (χ4v) is 2.66. The molecule has 1 aliphatic heterocycles. The molecule has 6 heteroatoms. The second-order valence-corrected chi connectivity index (χ2v) is 5.11. The molecule has 1 saturated heterocycles.